The summed E-state index contributed by atoms with van der Waals surface area (Å²) in [5, 5.41) is 0. The number of nitrogens with zero attached hydrogens (tertiary/aromatic N) is 1. The van der Waals surface area contributed by atoms with Crippen molar-refractivity contribution in [1.82, 2.24) is 4.98 Å². The van der Waals surface area contributed by atoms with Gasteiger partial charge in [-0.3, -0.25) is 14.6 Å². The van der Waals surface area contributed by atoms with Crippen molar-refractivity contribution in [3.8, 4) is 21.7 Å². The molecule has 2 aromatic heterocycles. The highest BCUT2D eigenvalue weighted by Crippen LogP contribution is 2.49. The molecule has 7 heteroatoms. The minimum atomic E-state index is -0.515. The number of amides is 1. The lowest BCUT2D eigenvalue weighted by molar-refractivity contribution is -0.146. The smallest absolute Gasteiger partial charge is 0.316 e. The van der Waals surface area contributed by atoms with Crippen LogP contribution >= 0.6 is 22.9 Å². The number of thiophene rings is 1. The maximum Gasteiger partial charge on any atom is 0.316 e. The molecule has 0 unspecified atom stereocenters. The van der Waals surface area contributed by atoms with Crippen molar-refractivity contribution in [3.63, 3.8) is 0 Å². The zero-order chi connectivity index (χ0) is 20.6. The molecule has 0 bridgehead atoms. The fraction of sp³-hybridized carbons (Fsp3) is 0.227. The minimum Gasteiger partial charge on any atom is -0.465 e. The number of primary amides is 1. The normalized spacial score (nSPS) is 14.4. The lowest BCUT2D eigenvalue weighted by atomic mass is 9.94. The average molecular weight is 427 g/mol. The molecule has 1 aliphatic carbocycles. The van der Waals surface area contributed by atoms with Crippen molar-refractivity contribution in [3.05, 3.63) is 64.1 Å². The fourth-order valence-electron chi connectivity index (χ4n) is 3.42. The number of pyridine rings is 1. The Morgan fingerprint density at radius 3 is 2.41 bits per heavy atom. The van der Waals surface area contributed by atoms with Gasteiger partial charge in [0, 0.05) is 17.3 Å². The van der Waals surface area contributed by atoms with Gasteiger partial charge in [-0.1, -0.05) is 35.9 Å². The summed E-state index contributed by atoms with van der Waals surface area (Å²) in [5.41, 5.74) is 8.86. The molecule has 148 valence electrons. The van der Waals surface area contributed by atoms with Gasteiger partial charge in [-0.2, -0.15) is 0 Å². The molecule has 0 spiro atoms. The van der Waals surface area contributed by atoms with Crippen molar-refractivity contribution in [1.29, 1.82) is 0 Å². The predicted octanol–water partition coefficient (Wildman–Crippen LogP) is 4.82. The number of hydrogen-bond acceptors (Lipinski definition) is 5. The molecule has 0 atom stereocenters. The first-order valence-corrected chi connectivity index (χ1v) is 10.5. The van der Waals surface area contributed by atoms with Gasteiger partial charge in [-0.05, 0) is 43.5 Å². The molecule has 2 heterocycles. The van der Waals surface area contributed by atoms with E-state index in [1.165, 1.54) is 11.3 Å². The van der Waals surface area contributed by atoms with E-state index in [0.717, 1.165) is 35.2 Å². The molecular weight excluding hydrogens is 408 g/mol. The summed E-state index contributed by atoms with van der Waals surface area (Å²) in [6, 6.07) is 13.2. The van der Waals surface area contributed by atoms with Crippen LogP contribution in [0.2, 0.25) is 4.34 Å². The number of ether oxygens (including phenoxy) is 1. The van der Waals surface area contributed by atoms with Gasteiger partial charge in [0.25, 0.3) is 0 Å². The van der Waals surface area contributed by atoms with E-state index in [0.29, 0.717) is 21.4 Å². The van der Waals surface area contributed by atoms with E-state index in [4.69, 9.17) is 22.1 Å². The van der Waals surface area contributed by atoms with Gasteiger partial charge in [0.1, 0.15) is 0 Å². The SMILES string of the molecule is CCOC(=O)C1(c2ccc(-c3ccc(-c4sc(Cl)cc4C(N)=O)cn3)cc2)CC1. The summed E-state index contributed by atoms with van der Waals surface area (Å²) >= 11 is 7.34. The van der Waals surface area contributed by atoms with Crippen molar-refractivity contribution in [2.45, 2.75) is 25.2 Å². The third kappa shape index (κ3) is 3.66. The Morgan fingerprint density at radius 1 is 1.17 bits per heavy atom. The molecular formula is C22H19ClN2O3S. The Balaban J connectivity index is 1.58. The Morgan fingerprint density at radius 2 is 1.86 bits per heavy atom. The first-order chi connectivity index (χ1) is 13.9. The number of rotatable bonds is 6. The van der Waals surface area contributed by atoms with Crippen LogP contribution in [0.5, 0.6) is 0 Å². The molecule has 29 heavy (non-hydrogen) atoms. The molecule has 1 aliphatic rings. The van der Waals surface area contributed by atoms with Crippen LogP contribution in [-0.2, 0) is 14.9 Å². The topological polar surface area (TPSA) is 82.3 Å². The predicted molar refractivity (Wildman–Crippen MR) is 114 cm³/mol. The highest BCUT2D eigenvalue weighted by Gasteiger charge is 2.52. The molecule has 0 aliphatic heterocycles. The van der Waals surface area contributed by atoms with Gasteiger partial charge in [-0.25, -0.2) is 0 Å². The summed E-state index contributed by atoms with van der Waals surface area (Å²) in [6.07, 6.45) is 3.35. The van der Waals surface area contributed by atoms with E-state index in [2.05, 4.69) is 4.98 Å². The summed E-state index contributed by atoms with van der Waals surface area (Å²) in [4.78, 5) is 29.1. The average Bonchev–Trinajstić information content (AvgIpc) is 3.44. The van der Waals surface area contributed by atoms with Crippen LogP contribution in [0.1, 0.15) is 35.7 Å². The highest BCUT2D eigenvalue weighted by atomic mass is 35.5. The Bertz CT molecular complexity index is 1070. The summed E-state index contributed by atoms with van der Waals surface area (Å²) in [7, 11) is 0. The molecule has 5 nitrogen and oxygen atoms in total. The van der Waals surface area contributed by atoms with E-state index in [9.17, 15) is 9.59 Å². The molecule has 1 aromatic carbocycles. The van der Waals surface area contributed by atoms with Gasteiger partial charge >= 0.3 is 5.97 Å². The highest BCUT2D eigenvalue weighted by molar-refractivity contribution is 7.19. The molecule has 0 saturated heterocycles. The van der Waals surface area contributed by atoms with Crippen molar-refractivity contribution >= 4 is 34.8 Å². The zero-order valence-corrected chi connectivity index (χ0v) is 17.3. The van der Waals surface area contributed by atoms with E-state index < -0.39 is 11.3 Å². The molecule has 3 aromatic rings. The van der Waals surface area contributed by atoms with E-state index in [1.54, 1.807) is 12.3 Å². The maximum atomic E-state index is 12.3. The van der Waals surface area contributed by atoms with E-state index in [1.807, 2.05) is 43.3 Å². The van der Waals surface area contributed by atoms with Crippen molar-refractivity contribution in [2.75, 3.05) is 6.61 Å². The standard InChI is InChI=1S/C22H19ClN2O3S/c1-2-28-21(27)22(9-10-22)15-6-3-13(4-7-15)17-8-5-14(12-25-17)19-16(20(24)26)11-18(23)29-19/h3-8,11-12H,2,9-10H2,1H3,(H2,24,26). The number of aromatic nitrogens is 1. The van der Waals surface area contributed by atoms with Crippen LogP contribution in [0.3, 0.4) is 0 Å². The molecule has 4 rings (SSSR count). The number of halogens is 1. The van der Waals surface area contributed by atoms with E-state index >= 15 is 0 Å². The number of hydrogen-bond donors (Lipinski definition) is 1. The first kappa shape index (κ1) is 19.6. The zero-order valence-electron chi connectivity index (χ0n) is 15.8. The van der Waals surface area contributed by atoms with Crippen LogP contribution in [-0.4, -0.2) is 23.5 Å². The number of esters is 1. The number of carbonyl (C=O) groups excluding carboxylic acids is 2. The molecule has 1 fully saturated rings. The van der Waals surface area contributed by atoms with Crippen LogP contribution in [0.15, 0.2) is 48.7 Å². The second-order valence-corrected chi connectivity index (χ2v) is 8.65. The van der Waals surface area contributed by atoms with Gasteiger partial charge in [0.2, 0.25) is 5.91 Å². The van der Waals surface area contributed by atoms with Crippen LogP contribution in [0.4, 0.5) is 0 Å². The van der Waals surface area contributed by atoms with Gasteiger partial charge in [0.05, 0.1) is 32.5 Å². The third-order valence-electron chi connectivity index (χ3n) is 5.14. The van der Waals surface area contributed by atoms with Crippen molar-refractivity contribution in [2.24, 2.45) is 5.73 Å². The second kappa shape index (κ2) is 7.61. The molecule has 0 radical (unpaired) electrons. The monoisotopic (exact) mass is 426 g/mol. The van der Waals surface area contributed by atoms with Crippen molar-refractivity contribution < 1.29 is 14.3 Å². The number of nitrogens with two attached hydrogens (primary N) is 1. The molecule has 2 N–H and O–H groups in total. The third-order valence-corrected chi connectivity index (χ3v) is 6.46. The van der Waals surface area contributed by atoms with E-state index in [-0.39, 0.29) is 5.97 Å². The Labute approximate surface area is 177 Å². The van der Waals surface area contributed by atoms with Gasteiger partial charge in [0.15, 0.2) is 0 Å². The minimum absolute atomic E-state index is 0.143. The molecule has 1 amide bonds. The number of carbonyl (C=O) groups is 2. The second-order valence-electron chi connectivity index (χ2n) is 6.97. The van der Waals surface area contributed by atoms with Gasteiger partial charge < -0.3 is 10.5 Å². The van der Waals surface area contributed by atoms with Crippen LogP contribution in [0, 0.1) is 0 Å². The largest absolute Gasteiger partial charge is 0.465 e. The lowest BCUT2D eigenvalue weighted by Gasteiger charge is -2.14. The Kier molecular flexibility index (Phi) is 5.15. The summed E-state index contributed by atoms with van der Waals surface area (Å²) in [5.74, 6) is -0.659. The Hall–Kier alpha value is -2.70. The summed E-state index contributed by atoms with van der Waals surface area (Å²) < 4.78 is 5.73. The van der Waals surface area contributed by atoms with Crippen LogP contribution < -0.4 is 5.73 Å². The maximum absolute atomic E-state index is 12.3. The first-order valence-electron chi connectivity index (χ1n) is 9.28. The quantitative estimate of drug-likeness (QED) is 0.572. The lowest BCUT2D eigenvalue weighted by Crippen LogP contribution is -2.23. The summed E-state index contributed by atoms with van der Waals surface area (Å²) in [6.45, 7) is 2.21. The fourth-order valence-corrected chi connectivity index (χ4v) is 4.64. The van der Waals surface area contributed by atoms with Gasteiger partial charge in [-0.15, -0.1) is 11.3 Å². The van der Waals surface area contributed by atoms with Crippen LogP contribution in [0.25, 0.3) is 21.7 Å². The number of benzene rings is 1. The molecule has 1 saturated carbocycles.